The van der Waals surface area contributed by atoms with Gasteiger partial charge in [-0.25, -0.2) is 0 Å². The molecule has 0 atom stereocenters. The summed E-state index contributed by atoms with van der Waals surface area (Å²) in [5.74, 6) is 0. The van der Waals surface area contributed by atoms with Gasteiger partial charge in [-0.1, -0.05) is 31.3 Å². The SMILES string of the molecule is [S]c1cccc([S])c1. The Balaban J connectivity index is 3.08. The maximum absolute atomic E-state index is 4.83. The van der Waals surface area contributed by atoms with Crippen LogP contribution in [0.1, 0.15) is 0 Å². The van der Waals surface area contributed by atoms with E-state index in [4.69, 9.17) is 25.3 Å². The maximum atomic E-state index is 4.83. The zero-order valence-electron chi connectivity index (χ0n) is 4.13. The summed E-state index contributed by atoms with van der Waals surface area (Å²) in [6, 6.07) is 7.37. The molecule has 0 nitrogen and oxygen atoms in total. The van der Waals surface area contributed by atoms with Crippen molar-refractivity contribution in [2.75, 3.05) is 0 Å². The van der Waals surface area contributed by atoms with E-state index < -0.39 is 0 Å². The van der Waals surface area contributed by atoms with Crippen molar-refractivity contribution in [1.29, 1.82) is 0 Å². The van der Waals surface area contributed by atoms with E-state index in [1.54, 1.807) is 6.07 Å². The molecule has 0 fully saturated rings. The van der Waals surface area contributed by atoms with Crippen molar-refractivity contribution in [2.24, 2.45) is 0 Å². The Morgan fingerprint density at radius 1 is 1.00 bits per heavy atom. The second-order valence-corrected chi connectivity index (χ2v) is 2.42. The molecule has 1 aromatic carbocycles. The summed E-state index contributed by atoms with van der Waals surface area (Å²) in [4.78, 5) is 1.63. The van der Waals surface area contributed by atoms with Crippen LogP contribution in [-0.4, -0.2) is 0 Å². The Kier molecular flexibility index (Phi) is 1.65. The molecule has 40 valence electrons. The molecule has 0 bridgehead atoms. The van der Waals surface area contributed by atoms with E-state index >= 15 is 0 Å². The first-order valence-electron chi connectivity index (χ1n) is 2.23. The summed E-state index contributed by atoms with van der Waals surface area (Å²) < 4.78 is 0. The minimum absolute atomic E-state index is 0.817. The zero-order valence-corrected chi connectivity index (χ0v) is 5.76. The molecule has 8 heavy (non-hydrogen) atoms. The van der Waals surface area contributed by atoms with Gasteiger partial charge in [0.2, 0.25) is 0 Å². The van der Waals surface area contributed by atoms with Gasteiger partial charge >= 0.3 is 0 Å². The quantitative estimate of drug-likeness (QED) is 0.520. The highest BCUT2D eigenvalue weighted by atomic mass is 32.1. The van der Waals surface area contributed by atoms with Crippen molar-refractivity contribution in [3.63, 3.8) is 0 Å². The van der Waals surface area contributed by atoms with Crippen molar-refractivity contribution in [3.8, 4) is 0 Å². The van der Waals surface area contributed by atoms with Crippen LogP contribution in [0.15, 0.2) is 34.1 Å². The highest BCUT2D eigenvalue weighted by molar-refractivity contribution is 7.81. The van der Waals surface area contributed by atoms with Crippen LogP contribution in [0.3, 0.4) is 0 Å². The summed E-state index contributed by atoms with van der Waals surface area (Å²) in [6.45, 7) is 0. The Hall–Kier alpha value is -0.340. The normalized spacial score (nSPS) is 9.00. The molecule has 0 heterocycles. The average molecular weight is 140 g/mol. The van der Waals surface area contributed by atoms with E-state index in [0.717, 1.165) is 9.79 Å². The maximum Gasteiger partial charge on any atom is 0.0391 e. The lowest BCUT2D eigenvalue weighted by Crippen LogP contribution is -1.63. The molecule has 2 radical (unpaired) electrons. The molecule has 0 unspecified atom stereocenters. The average Bonchev–Trinajstić information content (AvgIpc) is 1.64. The van der Waals surface area contributed by atoms with Gasteiger partial charge in [0, 0.05) is 9.79 Å². The molecule has 2 heteroatoms. The van der Waals surface area contributed by atoms with Gasteiger partial charge in [0.15, 0.2) is 0 Å². The Morgan fingerprint density at radius 2 is 1.50 bits per heavy atom. The van der Waals surface area contributed by atoms with Crippen LogP contribution in [0.4, 0.5) is 0 Å². The van der Waals surface area contributed by atoms with Gasteiger partial charge in [0.25, 0.3) is 0 Å². The van der Waals surface area contributed by atoms with E-state index in [0.29, 0.717) is 0 Å². The van der Waals surface area contributed by atoms with E-state index in [9.17, 15) is 0 Å². The fraction of sp³-hybridized carbons (Fsp3) is 0. The van der Waals surface area contributed by atoms with E-state index in [1.807, 2.05) is 18.2 Å². The second-order valence-electron chi connectivity index (χ2n) is 1.47. The first-order chi connectivity index (χ1) is 3.79. The summed E-state index contributed by atoms with van der Waals surface area (Å²) in [5.41, 5.74) is 0. The summed E-state index contributed by atoms with van der Waals surface area (Å²) in [5, 5.41) is 0. The van der Waals surface area contributed by atoms with Gasteiger partial charge in [-0.3, -0.25) is 0 Å². The third kappa shape index (κ3) is 1.32. The standard InChI is InChI=1S/C6H4S2/c7-5-2-1-3-6(8)4-5/h1-4H. The van der Waals surface area contributed by atoms with Gasteiger partial charge in [-0.2, -0.15) is 0 Å². The van der Waals surface area contributed by atoms with Crippen molar-refractivity contribution in [1.82, 2.24) is 0 Å². The van der Waals surface area contributed by atoms with E-state index in [1.165, 1.54) is 0 Å². The molecule has 0 aromatic heterocycles. The third-order valence-electron chi connectivity index (χ3n) is 0.806. The van der Waals surface area contributed by atoms with Crippen molar-refractivity contribution in [2.45, 2.75) is 9.79 Å². The summed E-state index contributed by atoms with van der Waals surface area (Å²) in [7, 11) is 0. The van der Waals surface area contributed by atoms with Crippen LogP contribution < -0.4 is 0 Å². The van der Waals surface area contributed by atoms with E-state index in [2.05, 4.69) is 0 Å². The Morgan fingerprint density at radius 3 is 1.75 bits per heavy atom. The summed E-state index contributed by atoms with van der Waals surface area (Å²) in [6.07, 6.45) is 0. The molecular weight excluding hydrogens is 136 g/mol. The number of hydrogen-bond acceptors (Lipinski definition) is 0. The van der Waals surface area contributed by atoms with Crippen LogP contribution >= 0.6 is 25.3 Å². The topological polar surface area (TPSA) is 0 Å². The van der Waals surface area contributed by atoms with Crippen molar-refractivity contribution < 1.29 is 0 Å². The van der Waals surface area contributed by atoms with Gasteiger partial charge in [-0.15, -0.1) is 0 Å². The molecular formula is C6H4S2. The van der Waals surface area contributed by atoms with Crippen molar-refractivity contribution >= 4 is 25.3 Å². The van der Waals surface area contributed by atoms with Crippen LogP contribution in [0.25, 0.3) is 0 Å². The predicted molar refractivity (Wildman–Crippen MR) is 38.2 cm³/mol. The van der Waals surface area contributed by atoms with Gasteiger partial charge < -0.3 is 0 Å². The smallest absolute Gasteiger partial charge is 0.0391 e. The minimum atomic E-state index is 0.817. The zero-order chi connectivity index (χ0) is 5.98. The first-order valence-corrected chi connectivity index (χ1v) is 3.05. The van der Waals surface area contributed by atoms with E-state index in [-0.39, 0.29) is 0 Å². The molecule has 0 N–H and O–H groups in total. The predicted octanol–water partition coefficient (Wildman–Crippen LogP) is 2.80. The molecule has 0 spiro atoms. The van der Waals surface area contributed by atoms with Crippen LogP contribution in [0, 0.1) is 0 Å². The van der Waals surface area contributed by atoms with Crippen LogP contribution in [-0.2, 0) is 0 Å². The third-order valence-corrected chi connectivity index (χ3v) is 1.31. The number of hydrogen-bond donors (Lipinski definition) is 0. The molecule has 1 rings (SSSR count). The monoisotopic (exact) mass is 140 g/mol. The highest BCUT2D eigenvalue weighted by Gasteiger charge is 1.84. The van der Waals surface area contributed by atoms with Gasteiger partial charge in [-0.05, 0) is 18.2 Å². The summed E-state index contributed by atoms with van der Waals surface area (Å²) >= 11 is 9.67. The molecule has 0 aliphatic carbocycles. The largest absolute Gasteiger partial charge is 0.0801 e. The highest BCUT2D eigenvalue weighted by Crippen LogP contribution is 2.10. The lowest BCUT2D eigenvalue weighted by atomic mass is 10.4. The molecule has 0 saturated heterocycles. The molecule has 1 aromatic rings. The minimum Gasteiger partial charge on any atom is -0.0801 e. The number of benzene rings is 1. The molecule has 0 aliphatic rings. The number of rotatable bonds is 0. The van der Waals surface area contributed by atoms with Gasteiger partial charge in [0.1, 0.15) is 0 Å². The van der Waals surface area contributed by atoms with Crippen molar-refractivity contribution in [3.05, 3.63) is 24.3 Å². The molecule has 0 amide bonds. The Labute approximate surface area is 59.7 Å². The first kappa shape index (κ1) is 5.79. The van der Waals surface area contributed by atoms with Gasteiger partial charge in [0.05, 0.1) is 0 Å². The lowest BCUT2D eigenvalue weighted by Gasteiger charge is -1.86. The van der Waals surface area contributed by atoms with Crippen LogP contribution in [0.5, 0.6) is 0 Å². The Bertz CT molecular complexity index is 166. The lowest BCUT2D eigenvalue weighted by molar-refractivity contribution is 1.35. The molecule has 0 aliphatic heterocycles. The fourth-order valence-electron chi connectivity index (χ4n) is 0.474. The van der Waals surface area contributed by atoms with Crippen LogP contribution in [0.2, 0.25) is 0 Å². The molecule has 0 saturated carbocycles. The second kappa shape index (κ2) is 2.29. The fourth-order valence-corrected chi connectivity index (χ4v) is 0.960.